The first-order chi connectivity index (χ1) is 24.8. The Morgan fingerprint density at radius 2 is 0.660 bits per heavy atom. The summed E-state index contributed by atoms with van der Waals surface area (Å²) < 4.78 is 0. The summed E-state index contributed by atoms with van der Waals surface area (Å²) in [6, 6.07) is 65.0. The maximum absolute atomic E-state index is 5.32. The molecular weight excluding hydrogens is 605 g/mol. The van der Waals surface area contributed by atoms with Crippen LogP contribution in [0.15, 0.2) is 182 Å². The third kappa shape index (κ3) is 4.73. The number of pyridine rings is 2. The largest absolute Gasteiger partial charge is 0.247 e. The predicted molar refractivity (Wildman–Crippen MR) is 211 cm³/mol. The second kappa shape index (κ2) is 11.5. The van der Waals surface area contributed by atoms with Crippen molar-refractivity contribution in [2.45, 2.75) is 0 Å². The normalized spacial score (nSPS) is 11.6. The Morgan fingerprint density at radius 3 is 1.12 bits per heavy atom. The third-order valence-corrected chi connectivity index (χ3v) is 9.97. The lowest BCUT2D eigenvalue weighted by Gasteiger charge is -2.13. The highest BCUT2D eigenvalue weighted by Crippen LogP contribution is 2.39. The summed E-state index contributed by atoms with van der Waals surface area (Å²) in [4.78, 5) is 10.6. The molecule has 0 aliphatic carbocycles. The van der Waals surface area contributed by atoms with Gasteiger partial charge in [-0.1, -0.05) is 146 Å². The minimum Gasteiger partial charge on any atom is -0.247 e. The molecule has 0 bridgehead atoms. The van der Waals surface area contributed by atoms with Gasteiger partial charge in [-0.3, -0.25) is 0 Å². The van der Waals surface area contributed by atoms with Crippen LogP contribution >= 0.6 is 0 Å². The highest BCUT2D eigenvalue weighted by Gasteiger charge is 2.15. The molecule has 8 aromatic carbocycles. The van der Waals surface area contributed by atoms with E-state index >= 15 is 0 Å². The number of aromatic nitrogens is 2. The molecule has 0 radical (unpaired) electrons. The molecule has 0 amide bonds. The lowest BCUT2D eigenvalue weighted by Crippen LogP contribution is -1.92. The van der Waals surface area contributed by atoms with E-state index in [0.29, 0.717) is 0 Å². The molecule has 232 valence electrons. The van der Waals surface area contributed by atoms with E-state index in [1.807, 2.05) is 0 Å². The molecule has 10 aromatic rings. The molecule has 2 heteroatoms. The number of benzene rings is 8. The van der Waals surface area contributed by atoms with E-state index < -0.39 is 0 Å². The maximum atomic E-state index is 5.32. The summed E-state index contributed by atoms with van der Waals surface area (Å²) >= 11 is 0. The number of hydrogen-bond donors (Lipinski definition) is 0. The molecule has 10 rings (SSSR count). The van der Waals surface area contributed by atoms with E-state index in [4.69, 9.17) is 9.97 Å². The molecule has 2 heterocycles. The summed E-state index contributed by atoms with van der Waals surface area (Å²) in [7, 11) is 0. The first-order valence-electron chi connectivity index (χ1n) is 17.1. The second-order valence-corrected chi connectivity index (χ2v) is 13.0. The van der Waals surface area contributed by atoms with Crippen LogP contribution in [0.4, 0.5) is 0 Å². The fraction of sp³-hybridized carbons (Fsp3) is 0. The summed E-state index contributed by atoms with van der Waals surface area (Å²) in [6.07, 6.45) is 0. The van der Waals surface area contributed by atoms with Gasteiger partial charge < -0.3 is 0 Å². The van der Waals surface area contributed by atoms with Crippen molar-refractivity contribution in [2.24, 2.45) is 0 Å². The number of nitrogens with zero attached hydrogens (tertiary/aromatic N) is 2. The Bertz CT molecular complexity index is 2710. The highest BCUT2D eigenvalue weighted by molar-refractivity contribution is 6.13. The van der Waals surface area contributed by atoms with Crippen molar-refractivity contribution >= 4 is 54.1 Å². The van der Waals surface area contributed by atoms with Gasteiger partial charge in [-0.05, 0) is 79.8 Å². The average Bonchev–Trinajstić information content (AvgIpc) is 3.19. The minimum atomic E-state index is 0.966. The Kier molecular flexibility index (Phi) is 6.53. The maximum Gasteiger partial charge on any atom is 0.0794 e. The Labute approximate surface area is 290 Å². The smallest absolute Gasteiger partial charge is 0.0794 e. The van der Waals surface area contributed by atoms with Gasteiger partial charge in [0.2, 0.25) is 0 Å². The fourth-order valence-corrected chi connectivity index (χ4v) is 7.54. The summed E-state index contributed by atoms with van der Waals surface area (Å²) in [5.41, 5.74) is 10.9. The molecule has 2 aromatic heterocycles. The topological polar surface area (TPSA) is 25.8 Å². The molecular formula is C48H30N2. The van der Waals surface area contributed by atoms with Crippen molar-refractivity contribution < 1.29 is 0 Å². The predicted octanol–water partition coefficient (Wildman–Crippen LogP) is 12.9. The SMILES string of the molecule is c1ccc(-c2c3ccccc3cc3ccc(-c4ccc5cc(-c6ccc7cc8ccccc8c(-c8ccccc8)c7n6)ccc5c4)nc23)cc1. The van der Waals surface area contributed by atoms with Crippen LogP contribution in [0.2, 0.25) is 0 Å². The molecule has 0 atom stereocenters. The van der Waals surface area contributed by atoms with Crippen molar-refractivity contribution in [2.75, 3.05) is 0 Å². The van der Waals surface area contributed by atoms with Crippen molar-refractivity contribution in [3.8, 4) is 44.8 Å². The summed E-state index contributed by atoms with van der Waals surface area (Å²) in [6.45, 7) is 0. The molecule has 0 saturated heterocycles. The number of fused-ring (bicyclic) bond motifs is 5. The molecule has 50 heavy (non-hydrogen) atoms. The first-order valence-corrected chi connectivity index (χ1v) is 17.1. The molecule has 0 unspecified atom stereocenters. The highest BCUT2D eigenvalue weighted by atomic mass is 14.7. The van der Waals surface area contributed by atoms with Crippen molar-refractivity contribution in [1.82, 2.24) is 9.97 Å². The van der Waals surface area contributed by atoms with Gasteiger partial charge in [0.25, 0.3) is 0 Å². The zero-order chi connectivity index (χ0) is 33.0. The monoisotopic (exact) mass is 634 g/mol. The van der Waals surface area contributed by atoms with Gasteiger partial charge in [-0.2, -0.15) is 0 Å². The van der Waals surface area contributed by atoms with Crippen LogP contribution in [0.1, 0.15) is 0 Å². The molecule has 0 spiro atoms. The van der Waals surface area contributed by atoms with E-state index in [9.17, 15) is 0 Å². The van der Waals surface area contributed by atoms with Crippen LogP contribution in [-0.4, -0.2) is 9.97 Å². The minimum absolute atomic E-state index is 0.966. The van der Waals surface area contributed by atoms with E-state index in [0.717, 1.165) is 44.3 Å². The Morgan fingerprint density at radius 1 is 0.260 bits per heavy atom. The van der Waals surface area contributed by atoms with Crippen molar-refractivity contribution in [3.05, 3.63) is 182 Å². The van der Waals surface area contributed by atoms with Gasteiger partial charge in [-0.25, -0.2) is 9.97 Å². The van der Waals surface area contributed by atoms with E-state index in [2.05, 4.69) is 182 Å². The van der Waals surface area contributed by atoms with E-state index in [-0.39, 0.29) is 0 Å². The van der Waals surface area contributed by atoms with Gasteiger partial charge in [-0.15, -0.1) is 0 Å². The first kappa shape index (κ1) is 28.4. The zero-order valence-electron chi connectivity index (χ0n) is 27.2. The van der Waals surface area contributed by atoms with Crippen LogP contribution in [-0.2, 0) is 0 Å². The molecule has 0 saturated carbocycles. The number of rotatable bonds is 4. The van der Waals surface area contributed by atoms with Crippen LogP contribution in [0.3, 0.4) is 0 Å². The molecule has 0 N–H and O–H groups in total. The zero-order valence-corrected chi connectivity index (χ0v) is 27.2. The summed E-state index contributed by atoms with van der Waals surface area (Å²) in [5, 5.41) is 9.51. The Hall–Kier alpha value is -6.64. The second-order valence-electron chi connectivity index (χ2n) is 13.0. The van der Waals surface area contributed by atoms with Gasteiger partial charge in [0.15, 0.2) is 0 Å². The van der Waals surface area contributed by atoms with Gasteiger partial charge in [0.05, 0.1) is 22.4 Å². The average molecular weight is 635 g/mol. The number of hydrogen-bond acceptors (Lipinski definition) is 2. The molecule has 0 fully saturated rings. The molecule has 0 aliphatic rings. The van der Waals surface area contributed by atoms with E-state index in [1.54, 1.807) is 0 Å². The standard InChI is InChI=1S/C48H30N2/c1-3-11-31(12-4-1)45-41-17-9-7-15-35(41)29-39-23-25-43(49-47(39)45)37-21-19-34-28-38(22-20-33(34)27-37)44-26-24-40-30-36-16-8-10-18-42(36)46(48(40)50-44)32-13-5-2-6-14-32/h1-30H. The van der Waals surface area contributed by atoms with Crippen LogP contribution in [0.25, 0.3) is 98.9 Å². The summed E-state index contributed by atoms with van der Waals surface area (Å²) in [5.74, 6) is 0. The lowest BCUT2D eigenvalue weighted by atomic mass is 9.94. The van der Waals surface area contributed by atoms with Crippen LogP contribution < -0.4 is 0 Å². The van der Waals surface area contributed by atoms with Gasteiger partial charge in [0, 0.05) is 33.0 Å². The van der Waals surface area contributed by atoms with Crippen molar-refractivity contribution in [1.29, 1.82) is 0 Å². The van der Waals surface area contributed by atoms with Crippen molar-refractivity contribution in [3.63, 3.8) is 0 Å². The van der Waals surface area contributed by atoms with Crippen LogP contribution in [0.5, 0.6) is 0 Å². The van der Waals surface area contributed by atoms with Gasteiger partial charge >= 0.3 is 0 Å². The lowest BCUT2D eigenvalue weighted by molar-refractivity contribution is 1.40. The van der Waals surface area contributed by atoms with Crippen LogP contribution in [0, 0.1) is 0 Å². The molecule has 0 aliphatic heterocycles. The fourth-order valence-electron chi connectivity index (χ4n) is 7.54. The van der Waals surface area contributed by atoms with E-state index in [1.165, 1.54) is 54.6 Å². The van der Waals surface area contributed by atoms with Gasteiger partial charge in [0.1, 0.15) is 0 Å². The quantitative estimate of drug-likeness (QED) is 0.180. The Balaban J connectivity index is 1.08. The molecule has 2 nitrogen and oxygen atoms in total. The third-order valence-electron chi connectivity index (χ3n) is 9.97.